The molecule has 264 valence electrons. The number of carboxylic acids is 1. The summed E-state index contributed by atoms with van der Waals surface area (Å²) < 4.78 is 34.7. The van der Waals surface area contributed by atoms with Crippen LogP contribution in [0.25, 0.3) is 11.1 Å². The SMILES string of the molecule is O=C(NC[C@H](NS(=O)(=O)c1ccccc1-c1ccccc1)C(=O)O)C1=NOC2(C1)CC(CNc1ccccn1)N(C(=O)OCc1ccccc1)C2. The molecule has 0 aliphatic carbocycles. The first-order valence-corrected chi connectivity index (χ1v) is 17.7. The lowest BCUT2D eigenvalue weighted by Crippen LogP contribution is -2.49. The molecular weight excluding hydrogens is 676 g/mol. The largest absolute Gasteiger partial charge is 0.480 e. The number of hydrogen-bond acceptors (Lipinski definition) is 10. The number of carboxylic acid groups (broad SMARTS) is 1. The second-order valence-corrected chi connectivity index (χ2v) is 13.9. The quantitative estimate of drug-likeness (QED) is 0.159. The van der Waals surface area contributed by atoms with Gasteiger partial charge in [-0.1, -0.05) is 90.1 Å². The maximum atomic E-state index is 13.4. The molecule has 0 saturated carbocycles. The van der Waals surface area contributed by atoms with Gasteiger partial charge in [0.25, 0.3) is 5.91 Å². The van der Waals surface area contributed by atoms with E-state index in [1.54, 1.807) is 66.9 Å². The first kappa shape index (κ1) is 35.0. The van der Waals surface area contributed by atoms with Gasteiger partial charge in [0.1, 0.15) is 24.2 Å². The number of carbonyl (C=O) groups excluding carboxylic acids is 2. The highest BCUT2D eigenvalue weighted by molar-refractivity contribution is 7.89. The van der Waals surface area contributed by atoms with Crippen LogP contribution in [0.1, 0.15) is 18.4 Å². The summed E-state index contributed by atoms with van der Waals surface area (Å²) in [6.45, 7) is -0.103. The minimum atomic E-state index is -4.33. The number of benzene rings is 3. The molecular formula is C36H36N6O8S. The molecule has 3 aromatic carbocycles. The zero-order chi connectivity index (χ0) is 35.8. The average molecular weight is 713 g/mol. The maximum absolute atomic E-state index is 13.4. The molecule has 1 aromatic heterocycles. The van der Waals surface area contributed by atoms with Crippen molar-refractivity contribution >= 4 is 39.5 Å². The number of rotatable bonds is 13. The maximum Gasteiger partial charge on any atom is 0.410 e. The van der Waals surface area contributed by atoms with Gasteiger partial charge < -0.3 is 25.3 Å². The molecule has 51 heavy (non-hydrogen) atoms. The third kappa shape index (κ3) is 8.51. The van der Waals surface area contributed by atoms with Crippen LogP contribution in [0.5, 0.6) is 0 Å². The van der Waals surface area contributed by atoms with Crippen LogP contribution in [-0.4, -0.2) is 84.4 Å². The van der Waals surface area contributed by atoms with E-state index >= 15 is 0 Å². The molecule has 0 radical (unpaired) electrons. The number of hydrogen-bond donors (Lipinski definition) is 4. The van der Waals surface area contributed by atoms with Crippen LogP contribution in [0.4, 0.5) is 10.6 Å². The molecule has 1 spiro atoms. The van der Waals surface area contributed by atoms with Crippen molar-refractivity contribution in [2.24, 2.45) is 5.16 Å². The Morgan fingerprint density at radius 1 is 0.961 bits per heavy atom. The highest BCUT2D eigenvalue weighted by atomic mass is 32.2. The summed E-state index contributed by atoms with van der Waals surface area (Å²) in [5.74, 6) is -1.59. The smallest absolute Gasteiger partial charge is 0.410 e. The van der Waals surface area contributed by atoms with Gasteiger partial charge in [0.05, 0.1) is 17.5 Å². The van der Waals surface area contributed by atoms with E-state index in [4.69, 9.17) is 9.57 Å². The molecule has 15 heteroatoms. The van der Waals surface area contributed by atoms with Crippen LogP contribution in [0.2, 0.25) is 0 Å². The van der Waals surface area contributed by atoms with Crippen LogP contribution < -0.4 is 15.4 Å². The molecule has 0 bridgehead atoms. The molecule has 1 saturated heterocycles. The number of likely N-dealkylation sites (tertiary alicyclic amines) is 1. The lowest BCUT2D eigenvalue weighted by Gasteiger charge is -2.24. The first-order chi connectivity index (χ1) is 24.6. The zero-order valence-corrected chi connectivity index (χ0v) is 28.2. The van der Waals surface area contributed by atoms with E-state index in [2.05, 4.69) is 25.5 Å². The van der Waals surface area contributed by atoms with E-state index < -0.39 is 52.2 Å². The number of oxime groups is 1. The Kier molecular flexibility index (Phi) is 10.6. The summed E-state index contributed by atoms with van der Waals surface area (Å²) in [5.41, 5.74) is 0.794. The van der Waals surface area contributed by atoms with Crippen molar-refractivity contribution in [3.8, 4) is 11.1 Å². The summed E-state index contributed by atoms with van der Waals surface area (Å²) in [4.78, 5) is 50.2. The molecule has 2 unspecified atom stereocenters. The normalized spacial score (nSPS) is 18.8. The fourth-order valence-electron chi connectivity index (χ4n) is 6.05. The number of nitrogens with one attached hydrogen (secondary N) is 3. The molecule has 3 atom stereocenters. The monoisotopic (exact) mass is 712 g/mol. The molecule has 2 aliphatic rings. The molecule has 2 aliphatic heterocycles. The second-order valence-electron chi connectivity index (χ2n) is 12.2. The van der Waals surface area contributed by atoms with E-state index in [-0.39, 0.29) is 30.2 Å². The van der Waals surface area contributed by atoms with Gasteiger partial charge in [-0.25, -0.2) is 18.2 Å². The number of aromatic nitrogens is 1. The predicted molar refractivity (Wildman–Crippen MR) is 187 cm³/mol. The fraction of sp³-hybridized carbons (Fsp3) is 0.250. The minimum absolute atomic E-state index is 0.0210. The fourth-order valence-corrected chi connectivity index (χ4v) is 7.47. The zero-order valence-electron chi connectivity index (χ0n) is 27.3. The number of sulfonamides is 1. The second kappa shape index (κ2) is 15.4. The Morgan fingerprint density at radius 2 is 1.67 bits per heavy atom. The minimum Gasteiger partial charge on any atom is -0.480 e. The van der Waals surface area contributed by atoms with Crippen molar-refractivity contribution in [1.29, 1.82) is 0 Å². The Morgan fingerprint density at radius 3 is 2.39 bits per heavy atom. The van der Waals surface area contributed by atoms with Crippen LogP contribution in [0.3, 0.4) is 0 Å². The van der Waals surface area contributed by atoms with Gasteiger partial charge in [0.2, 0.25) is 10.0 Å². The van der Waals surface area contributed by atoms with Crippen molar-refractivity contribution in [2.75, 3.05) is 25.0 Å². The number of aliphatic carboxylic acids is 1. The van der Waals surface area contributed by atoms with Crippen LogP contribution in [0.15, 0.2) is 119 Å². The van der Waals surface area contributed by atoms with E-state index in [1.165, 1.54) is 11.0 Å². The topological polar surface area (TPSA) is 189 Å². The van der Waals surface area contributed by atoms with Crippen LogP contribution in [0, 0.1) is 0 Å². The van der Waals surface area contributed by atoms with E-state index in [9.17, 15) is 27.9 Å². The van der Waals surface area contributed by atoms with Gasteiger partial charge in [-0.3, -0.25) is 14.5 Å². The first-order valence-electron chi connectivity index (χ1n) is 16.2. The number of pyridine rings is 1. The van der Waals surface area contributed by atoms with Gasteiger partial charge in [-0.05, 0) is 29.3 Å². The highest BCUT2D eigenvalue weighted by Gasteiger charge is 2.52. The van der Waals surface area contributed by atoms with Gasteiger partial charge in [-0.2, -0.15) is 4.72 Å². The van der Waals surface area contributed by atoms with Crippen molar-refractivity contribution in [3.05, 3.63) is 115 Å². The molecule has 2 amide bonds. The Bertz CT molecular complexity index is 2000. The third-order valence-corrected chi connectivity index (χ3v) is 10.1. The molecule has 3 heterocycles. The Hall–Kier alpha value is -5.80. The summed E-state index contributed by atoms with van der Waals surface area (Å²) >= 11 is 0. The molecule has 14 nitrogen and oxygen atoms in total. The highest BCUT2D eigenvalue weighted by Crippen LogP contribution is 2.38. The number of ether oxygens (including phenoxy) is 1. The molecule has 4 aromatic rings. The van der Waals surface area contributed by atoms with Gasteiger partial charge in [-0.15, -0.1) is 0 Å². The van der Waals surface area contributed by atoms with Crippen LogP contribution in [-0.2, 0) is 35.8 Å². The predicted octanol–water partition coefficient (Wildman–Crippen LogP) is 3.63. The molecule has 4 N–H and O–H groups in total. The Labute approximate surface area is 294 Å². The number of anilines is 1. The summed E-state index contributed by atoms with van der Waals surface area (Å²) in [6, 6.07) is 27.6. The lowest BCUT2D eigenvalue weighted by molar-refractivity contribution is -0.138. The van der Waals surface area contributed by atoms with Crippen LogP contribution >= 0.6 is 0 Å². The van der Waals surface area contributed by atoms with Crippen molar-refractivity contribution in [3.63, 3.8) is 0 Å². The van der Waals surface area contributed by atoms with Crippen molar-refractivity contribution < 1.29 is 37.5 Å². The van der Waals surface area contributed by atoms with Crippen molar-refractivity contribution in [1.82, 2.24) is 19.9 Å². The van der Waals surface area contributed by atoms with Crippen molar-refractivity contribution in [2.45, 2.75) is 42.0 Å². The van der Waals surface area contributed by atoms with Gasteiger partial charge in [0, 0.05) is 37.7 Å². The third-order valence-electron chi connectivity index (χ3n) is 8.56. The lowest BCUT2D eigenvalue weighted by atomic mass is 9.94. The summed E-state index contributed by atoms with van der Waals surface area (Å²) in [7, 11) is -4.33. The van der Waals surface area contributed by atoms with E-state index in [0.717, 1.165) is 5.56 Å². The summed E-state index contributed by atoms with van der Waals surface area (Å²) in [6.07, 6.45) is 1.42. The summed E-state index contributed by atoms with van der Waals surface area (Å²) in [5, 5.41) is 19.6. The van der Waals surface area contributed by atoms with E-state index in [0.29, 0.717) is 29.9 Å². The van der Waals surface area contributed by atoms with E-state index in [1.807, 2.05) is 36.4 Å². The molecule has 1 fully saturated rings. The number of amides is 2. The number of nitrogens with zero attached hydrogens (tertiary/aromatic N) is 3. The molecule has 6 rings (SSSR count). The number of carbonyl (C=O) groups is 3. The average Bonchev–Trinajstić information content (AvgIpc) is 3.75. The Balaban J connectivity index is 1.09. The van der Waals surface area contributed by atoms with Gasteiger partial charge >= 0.3 is 12.1 Å². The van der Waals surface area contributed by atoms with Gasteiger partial charge in [0.15, 0.2) is 5.60 Å². The standard InChI is InChI=1S/C36H36N6O8S/c43-33(39-22-30(34(44)45)41-51(47,48)31-16-8-7-15-28(31)26-13-5-2-6-14-26)29-20-36(50-40-29)19-27(21-38-32-17-9-10-18-37-32)42(24-36)35(46)49-23-25-11-3-1-4-12-25/h1-18,27,30,41H,19-24H2,(H,37,38)(H,39,43)(H,44,45)/t27?,30-,36?/m0/s1.